The summed E-state index contributed by atoms with van der Waals surface area (Å²) in [4.78, 5) is 2.55. The van der Waals surface area contributed by atoms with Crippen LogP contribution in [0.3, 0.4) is 0 Å². The lowest BCUT2D eigenvalue weighted by molar-refractivity contribution is 0.659. The molecule has 0 amide bonds. The van der Waals surface area contributed by atoms with Gasteiger partial charge in [0.05, 0.1) is 22.5 Å². The number of benzene rings is 10. The molecule has 0 atom stereocenters. The Morgan fingerprint density at radius 2 is 0.850 bits per heavy atom. The summed E-state index contributed by atoms with van der Waals surface area (Å²) in [7, 11) is 0. The molecule has 0 spiro atoms. The molecule has 0 heterocycles. The topological polar surface area (TPSA) is 3.24 Å². The van der Waals surface area contributed by atoms with Gasteiger partial charge in [-0.2, -0.15) is 0 Å². The zero-order valence-corrected chi connectivity index (χ0v) is 34.1. The van der Waals surface area contributed by atoms with Gasteiger partial charge in [-0.1, -0.05) is 195 Å². The highest BCUT2D eigenvalue weighted by Gasteiger charge is 2.49. The first-order chi connectivity index (χ1) is 29.4. The van der Waals surface area contributed by atoms with E-state index in [1.807, 2.05) is 0 Å². The maximum atomic E-state index is 2.58. The SMILES string of the molecule is Cc1ccc2c(c1)C(C)(C)c1cc3c(cc1-2)C(c1ccccc1)(c1ccccc1)c1cc(N(c2cccc4ccccc24)c2cccc4ccccc24)c2ccccc2c1-3. The normalized spacial score (nSPS) is 14.2. The average molecular weight is 766 g/mol. The summed E-state index contributed by atoms with van der Waals surface area (Å²) in [5.74, 6) is 0. The monoisotopic (exact) mass is 765 g/mol. The highest BCUT2D eigenvalue weighted by molar-refractivity contribution is 6.14. The van der Waals surface area contributed by atoms with E-state index < -0.39 is 5.41 Å². The molecule has 1 nitrogen and oxygen atoms in total. The Morgan fingerprint density at radius 3 is 1.47 bits per heavy atom. The van der Waals surface area contributed by atoms with E-state index in [4.69, 9.17) is 0 Å². The van der Waals surface area contributed by atoms with Gasteiger partial charge in [-0.3, -0.25) is 0 Å². The number of anilines is 3. The molecule has 60 heavy (non-hydrogen) atoms. The summed E-state index contributed by atoms with van der Waals surface area (Å²) >= 11 is 0. The molecular formula is C59H43N. The third-order valence-corrected chi connectivity index (χ3v) is 13.7. The van der Waals surface area contributed by atoms with Gasteiger partial charge < -0.3 is 4.90 Å². The minimum absolute atomic E-state index is 0.147. The van der Waals surface area contributed by atoms with Crippen LogP contribution in [0.25, 0.3) is 54.6 Å². The Hall–Kier alpha value is -7.22. The predicted molar refractivity (Wildman–Crippen MR) is 253 cm³/mol. The van der Waals surface area contributed by atoms with Crippen molar-refractivity contribution in [1.29, 1.82) is 0 Å². The Morgan fingerprint density at radius 1 is 0.350 bits per heavy atom. The van der Waals surface area contributed by atoms with Crippen LogP contribution in [0.5, 0.6) is 0 Å². The van der Waals surface area contributed by atoms with Crippen molar-refractivity contribution < 1.29 is 0 Å². The molecule has 0 unspecified atom stereocenters. The fourth-order valence-electron chi connectivity index (χ4n) is 11.0. The Labute approximate surface area is 351 Å². The molecule has 284 valence electrons. The van der Waals surface area contributed by atoms with Gasteiger partial charge in [0.15, 0.2) is 0 Å². The van der Waals surface area contributed by atoms with Gasteiger partial charge in [-0.15, -0.1) is 0 Å². The second-order valence-corrected chi connectivity index (χ2v) is 17.3. The van der Waals surface area contributed by atoms with E-state index in [0.717, 1.165) is 17.1 Å². The summed E-state index contributed by atoms with van der Waals surface area (Å²) in [6.45, 7) is 7.04. The number of aryl methyl sites for hydroxylation is 1. The van der Waals surface area contributed by atoms with Crippen molar-refractivity contribution in [3.05, 3.63) is 245 Å². The largest absolute Gasteiger partial charge is 0.309 e. The van der Waals surface area contributed by atoms with Crippen LogP contribution < -0.4 is 4.90 Å². The van der Waals surface area contributed by atoms with Crippen molar-refractivity contribution in [1.82, 2.24) is 0 Å². The van der Waals surface area contributed by atoms with E-state index in [2.05, 4.69) is 232 Å². The van der Waals surface area contributed by atoms with Crippen molar-refractivity contribution in [3.8, 4) is 22.3 Å². The van der Waals surface area contributed by atoms with E-state index in [9.17, 15) is 0 Å². The quantitative estimate of drug-likeness (QED) is 0.169. The minimum Gasteiger partial charge on any atom is -0.309 e. The number of hydrogen-bond donors (Lipinski definition) is 0. The summed E-state index contributed by atoms with van der Waals surface area (Å²) in [5, 5.41) is 7.34. The van der Waals surface area contributed by atoms with Crippen LogP contribution in [-0.2, 0) is 10.8 Å². The van der Waals surface area contributed by atoms with E-state index >= 15 is 0 Å². The van der Waals surface area contributed by atoms with E-state index in [-0.39, 0.29) is 5.41 Å². The zero-order valence-electron chi connectivity index (χ0n) is 34.1. The molecule has 0 aliphatic heterocycles. The van der Waals surface area contributed by atoms with Gasteiger partial charge in [0.1, 0.15) is 0 Å². The van der Waals surface area contributed by atoms with E-state index in [1.54, 1.807) is 0 Å². The highest BCUT2D eigenvalue weighted by Crippen LogP contribution is 2.63. The average Bonchev–Trinajstić information content (AvgIpc) is 3.71. The van der Waals surface area contributed by atoms with Crippen LogP contribution in [0.1, 0.15) is 52.8 Å². The molecular weight excluding hydrogens is 723 g/mol. The molecule has 0 saturated carbocycles. The minimum atomic E-state index is -0.609. The number of nitrogens with zero attached hydrogens (tertiary/aromatic N) is 1. The summed E-state index contributed by atoms with van der Waals surface area (Å²) in [6, 6.07) is 77.6. The molecule has 1 heteroatoms. The third-order valence-electron chi connectivity index (χ3n) is 13.7. The molecule has 0 fully saturated rings. The molecule has 0 bridgehead atoms. The maximum absolute atomic E-state index is 2.58. The van der Waals surface area contributed by atoms with Crippen LogP contribution in [0, 0.1) is 6.92 Å². The maximum Gasteiger partial charge on any atom is 0.0714 e. The standard InChI is InChI=1S/C59H43N/c1-38-32-33-45-48-35-52-49(36-51(48)58(2,3)50(45)34-38)57-47-29-15-14-28-46(47)56(37-53(57)59(52,41-22-6-4-7-23-41)42-24-8-5-9-25-42)60(54-30-16-20-39-18-10-12-26-43(39)54)55-31-17-21-40-19-11-13-27-44(40)55/h4-37H,1-3H3. The Kier molecular flexibility index (Phi) is 7.47. The predicted octanol–water partition coefficient (Wildman–Crippen LogP) is 15.6. The molecule has 2 aliphatic carbocycles. The lowest BCUT2D eigenvalue weighted by Gasteiger charge is -2.36. The van der Waals surface area contributed by atoms with Gasteiger partial charge >= 0.3 is 0 Å². The van der Waals surface area contributed by atoms with Crippen molar-refractivity contribution in [2.75, 3.05) is 4.90 Å². The van der Waals surface area contributed by atoms with Crippen molar-refractivity contribution in [2.24, 2.45) is 0 Å². The third kappa shape index (κ3) is 4.75. The van der Waals surface area contributed by atoms with Crippen molar-refractivity contribution in [3.63, 3.8) is 0 Å². The number of rotatable bonds is 5. The second-order valence-electron chi connectivity index (χ2n) is 17.3. The number of hydrogen-bond acceptors (Lipinski definition) is 1. The van der Waals surface area contributed by atoms with Crippen LogP contribution in [0.4, 0.5) is 17.1 Å². The van der Waals surface area contributed by atoms with Crippen molar-refractivity contribution in [2.45, 2.75) is 31.6 Å². The molecule has 0 aromatic heterocycles. The Bertz CT molecular complexity index is 3230. The van der Waals surface area contributed by atoms with Crippen LogP contribution in [-0.4, -0.2) is 0 Å². The molecule has 0 radical (unpaired) electrons. The number of fused-ring (bicyclic) bond motifs is 10. The molecule has 10 aromatic carbocycles. The molecule has 12 rings (SSSR count). The van der Waals surface area contributed by atoms with Gasteiger partial charge in [0.2, 0.25) is 0 Å². The first kappa shape index (κ1) is 34.8. The van der Waals surface area contributed by atoms with Crippen LogP contribution in [0.2, 0.25) is 0 Å². The van der Waals surface area contributed by atoms with E-state index in [1.165, 1.54) is 93.5 Å². The van der Waals surface area contributed by atoms with Gasteiger partial charge in [-0.25, -0.2) is 0 Å². The molecule has 0 saturated heterocycles. The zero-order chi connectivity index (χ0) is 40.2. The molecule has 2 aliphatic rings. The van der Waals surface area contributed by atoms with E-state index in [0.29, 0.717) is 0 Å². The van der Waals surface area contributed by atoms with Gasteiger partial charge in [0, 0.05) is 21.6 Å². The Balaban J connectivity index is 1.27. The molecule has 0 N–H and O–H groups in total. The fraction of sp³-hybridized carbons (Fsp3) is 0.0847. The van der Waals surface area contributed by atoms with Crippen LogP contribution >= 0.6 is 0 Å². The molecule has 10 aromatic rings. The summed E-state index contributed by atoms with van der Waals surface area (Å²) in [6.07, 6.45) is 0. The smallest absolute Gasteiger partial charge is 0.0714 e. The van der Waals surface area contributed by atoms with Gasteiger partial charge in [-0.05, 0) is 109 Å². The first-order valence-electron chi connectivity index (χ1n) is 21.2. The van der Waals surface area contributed by atoms with Crippen LogP contribution in [0.15, 0.2) is 206 Å². The highest BCUT2D eigenvalue weighted by atomic mass is 15.1. The van der Waals surface area contributed by atoms with Crippen molar-refractivity contribution >= 4 is 49.4 Å². The lowest BCUT2D eigenvalue weighted by Crippen LogP contribution is -2.29. The summed E-state index contributed by atoms with van der Waals surface area (Å²) < 4.78 is 0. The first-order valence-corrected chi connectivity index (χ1v) is 21.2. The summed E-state index contributed by atoms with van der Waals surface area (Å²) in [5.41, 5.74) is 17.3. The van der Waals surface area contributed by atoms with Gasteiger partial charge in [0.25, 0.3) is 0 Å². The fourth-order valence-corrected chi connectivity index (χ4v) is 11.0. The lowest BCUT2D eigenvalue weighted by atomic mass is 9.67. The second kappa shape index (κ2) is 12.9.